The van der Waals surface area contributed by atoms with Gasteiger partial charge < -0.3 is 10.1 Å². The first-order valence-electron chi connectivity index (χ1n) is 9.24. The predicted molar refractivity (Wildman–Crippen MR) is 104 cm³/mol. The maximum absolute atomic E-state index is 14.4. The Kier molecular flexibility index (Phi) is 4.12. The van der Waals surface area contributed by atoms with Crippen molar-refractivity contribution in [2.24, 2.45) is 0 Å². The molecule has 29 heavy (non-hydrogen) atoms. The van der Waals surface area contributed by atoms with Crippen LogP contribution in [0, 0.1) is 18.6 Å². The molecule has 0 radical (unpaired) electrons. The van der Waals surface area contributed by atoms with E-state index in [4.69, 9.17) is 4.74 Å². The monoisotopic (exact) mass is 393 g/mol. The molecule has 1 aliphatic heterocycles. The predicted octanol–water partition coefficient (Wildman–Crippen LogP) is 3.92. The van der Waals surface area contributed by atoms with Crippen molar-refractivity contribution in [2.45, 2.75) is 19.9 Å². The molecular formula is C21H17F2N5O. The Balaban J connectivity index is 1.50. The summed E-state index contributed by atoms with van der Waals surface area (Å²) in [5.41, 5.74) is 4.38. The highest BCUT2D eigenvalue weighted by molar-refractivity contribution is 5.79. The molecular weight excluding hydrogens is 376 g/mol. The van der Waals surface area contributed by atoms with Crippen LogP contribution in [0.4, 0.5) is 14.7 Å². The van der Waals surface area contributed by atoms with Crippen molar-refractivity contribution in [3.63, 3.8) is 0 Å². The second kappa shape index (κ2) is 6.80. The van der Waals surface area contributed by atoms with Crippen LogP contribution >= 0.6 is 0 Å². The molecule has 0 amide bonds. The second-order valence-corrected chi connectivity index (χ2v) is 6.93. The summed E-state index contributed by atoms with van der Waals surface area (Å²) in [6, 6.07) is 7.66. The van der Waals surface area contributed by atoms with Crippen LogP contribution in [0.2, 0.25) is 0 Å². The average molecular weight is 393 g/mol. The maximum Gasteiger partial charge on any atom is 0.210 e. The van der Waals surface area contributed by atoms with Gasteiger partial charge in [0.15, 0.2) is 5.65 Å². The van der Waals surface area contributed by atoms with Crippen LogP contribution in [-0.2, 0) is 13.0 Å². The van der Waals surface area contributed by atoms with Gasteiger partial charge in [0.1, 0.15) is 23.7 Å². The van der Waals surface area contributed by atoms with Gasteiger partial charge in [-0.25, -0.2) is 13.8 Å². The number of nitrogens with zero attached hydrogens (tertiary/aromatic N) is 4. The summed E-state index contributed by atoms with van der Waals surface area (Å²) in [5.74, 6) is 0.647. The fourth-order valence-corrected chi connectivity index (χ4v) is 3.74. The average Bonchev–Trinajstić information content (AvgIpc) is 3.37. The van der Waals surface area contributed by atoms with Crippen LogP contribution in [-0.4, -0.2) is 26.2 Å². The molecule has 8 heteroatoms. The minimum absolute atomic E-state index is 0.258. The Morgan fingerprint density at radius 2 is 2.07 bits per heavy atom. The molecule has 6 nitrogen and oxygen atoms in total. The lowest BCUT2D eigenvalue weighted by atomic mass is 10.0. The van der Waals surface area contributed by atoms with Crippen molar-refractivity contribution in [1.82, 2.24) is 19.6 Å². The van der Waals surface area contributed by atoms with E-state index in [0.29, 0.717) is 30.2 Å². The minimum Gasteiger partial charge on any atom is -0.493 e. The second-order valence-electron chi connectivity index (χ2n) is 6.93. The topological polar surface area (TPSA) is 64.3 Å². The van der Waals surface area contributed by atoms with E-state index >= 15 is 0 Å². The zero-order valence-corrected chi connectivity index (χ0v) is 15.6. The van der Waals surface area contributed by atoms with Crippen LogP contribution in [0.5, 0.6) is 5.75 Å². The third kappa shape index (κ3) is 2.97. The molecule has 0 fully saturated rings. The van der Waals surface area contributed by atoms with E-state index in [-0.39, 0.29) is 18.2 Å². The number of aryl methyl sites for hydroxylation is 1. The standard InChI is InChI=1S/C21H17F2N5O/c1-12-8-13(22)2-3-14(12)17-10-25-21(28-11-26-27-20(17)28)24-9-16-15-6-7-29-19(15)5-4-18(16)23/h2-5,8,10-11H,6-7,9H2,1H3,(H,24,25). The first kappa shape index (κ1) is 17.5. The summed E-state index contributed by atoms with van der Waals surface area (Å²) in [5, 5.41) is 11.4. The van der Waals surface area contributed by atoms with Crippen molar-refractivity contribution in [3.8, 4) is 16.9 Å². The van der Waals surface area contributed by atoms with E-state index < -0.39 is 0 Å². The normalized spacial score (nSPS) is 12.8. The molecule has 2 aromatic carbocycles. The lowest BCUT2D eigenvalue weighted by Gasteiger charge is -2.13. The van der Waals surface area contributed by atoms with Gasteiger partial charge in [0.2, 0.25) is 5.95 Å². The number of benzene rings is 2. The molecule has 1 aliphatic rings. The molecule has 2 aromatic heterocycles. The van der Waals surface area contributed by atoms with E-state index in [2.05, 4.69) is 20.5 Å². The lowest BCUT2D eigenvalue weighted by molar-refractivity contribution is 0.356. The summed E-state index contributed by atoms with van der Waals surface area (Å²) >= 11 is 0. The van der Waals surface area contributed by atoms with Gasteiger partial charge in [0.05, 0.1) is 6.61 Å². The fourth-order valence-electron chi connectivity index (χ4n) is 3.74. The summed E-state index contributed by atoms with van der Waals surface area (Å²) < 4.78 is 35.1. The number of hydrogen-bond acceptors (Lipinski definition) is 5. The van der Waals surface area contributed by atoms with E-state index in [0.717, 1.165) is 28.0 Å². The molecule has 0 saturated heterocycles. The molecule has 0 atom stereocenters. The molecule has 3 heterocycles. The quantitative estimate of drug-likeness (QED) is 0.569. The van der Waals surface area contributed by atoms with Gasteiger partial charge in [-0.2, -0.15) is 0 Å². The number of fused-ring (bicyclic) bond motifs is 2. The molecule has 5 rings (SSSR count). The first-order chi connectivity index (χ1) is 14.1. The van der Waals surface area contributed by atoms with Crippen LogP contribution in [0.25, 0.3) is 16.8 Å². The molecule has 0 bridgehead atoms. The first-order valence-corrected chi connectivity index (χ1v) is 9.24. The summed E-state index contributed by atoms with van der Waals surface area (Å²) in [6.45, 7) is 2.65. The summed E-state index contributed by atoms with van der Waals surface area (Å²) in [6.07, 6.45) is 3.89. The number of aromatic nitrogens is 4. The highest BCUT2D eigenvalue weighted by Gasteiger charge is 2.20. The number of nitrogens with one attached hydrogen (secondary N) is 1. The van der Waals surface area contributed by atoms with Gasteiger partial charge in [-0.1, -0.05) is 6.07 Å². The van der Waals surface area contributed by atoms with Crippen LogP contribution in [0.1, 0.15) is 16.7 Å². The van der Waals surface area contributed by atoms with Gasteiger partial charge in [-0.05, 0) is 42.3 Å². The van der Waals surface area contributed by atoms with Gasteiger partial charge in [-0.3, -0.25) is 4.40 Å². The molecule has 0 aliphatic carbocycles. The summed E-state index contributed by atoms with van der Waals surface area (Å²) in [7, 11) is 0. The van der Waals surface area contributed by atoms with E-state index in [1.54, 1.807) is 29.1 Å². The number of hydrogen-bond donors (Lipinski definition) is 1. The van der Waals surface area contributed by atoms with E-state index in [1.165, 1.54) is 18.2 Å². The van der Waals surface area contributed by atoms with Crippen LogP contribution in [0.3, 0.4) is 0 Å². The fraction of sp³-hybridized carbons (Fsp3) is 0.190. The third-order valence-corrected chi connectivity index (χ3v) is 5.18. The molecule has 4 aromatic rings. The third-order valence-electron chi connectivity index (χ3n) is 5.18. The Morgan fingerprint density at radius 3 is 2.93 bits per heavy atom. The molecule has 146 valence electrons. The SMILES string of the molecule is Cc1cc(F)ccc1-c1cnc(NCc2c(F)ccc3c2CCO3)n2cnnc12. The van der Waals surface area contributed by atoms with Gasteiger partial charge in [0.25, 0.3) is 0 Å². The Hall–Kier alpha value is -3.55. The van der Waals surface area contributed by atoms with Crippen molar-refractivity contribution in [1.29, 1.82) is 0 Å². The van der Waals surface area contributed by atoms with E-state index in [9.17, 15) is 8.78 Å². The number of ether oxygens (including phenoxy) is 1. The van der Waals surface area contributed by atoms with Crippen molar-refractivity contribution in [2.75, 3.05) is 11.9 Å². The summed E-state index contributed by atoms with van der Waals surface area (Å²) in [4.78, 5) is 4.48. The maximum atomic E-state index is 14.4. The highest BCUT2D eigenvalue weighted by atomic mass is 19.1. The van der Waals surface area contributed by atoms with Crippen molar-refractivity contribution < 1.29 is 13.5 Å². The zero-order valence-electron chi connectivity index (χ0n) is 15.6. The zero-order chi connectivity index (χ0) is 20.0. The number of halogens is 2. The minimum atomic E-state index is -0.295. The lowest BCUT2D eigenvalue weighted by Crippen LogP contribution is -2.09. The van der Waals surface area contributed by atoms with Crippen LogP contribution < -0.4 is 10.1 Å². The molecule has 1 N–H and O–H groups in total. The molecule has 0 spiro atoms. The van der Waals surface area contributed by atoms with Crippen LogP contribution in [0.15, 0.2) is 42.9 Å². The number of rotatable bonds is 4. The Labute approximate surface area is 165 Å². The van der Waals surface area contributed by atoms with Crippen molar-refractivity contribution in [3.05, 3.63) is 71.2 Å². The van der Waals surface area contributed by atoms with E-state index in [1.807, 2.05) is 6.92 Å². The van der Waals surface area contributed by atoms with Crippen molar-refractivity contribution >= 4 is 11.6 Å². The van der Waals surface area contributed by atoms with Gasteiger partial charge >= 0.3 is 0 Å². The molecule has 0 saturated carbocycles. The van der Waals surface area contributed by atoms with Gasteiger partial charge in [-0.15, -0.1) is 10.2 Å². The van der Waals surface area contributed by atoms with Gasteiger partial charge in [0, 0.05) is 35.9 Å². The smallest absolute Gasteiger partial charge is 0.210 e. The number of anilines is 1. The highest BCUT2D eigenvalue weighted by Crippen LogP contribution is 2.31. The Bertz CT molecular complexity index is 1240. The largest absolute Gasteiger partial charge is 0.493 e. The molecule has 0 unspecified atom stereocenters. The Morgan fingerprint density at radius 1 is 1.17 bits per heavy atom.